The Labute approximate surface area is 147 Å². The van der Waals surface area contributed by atoms with Gasteiger partial charge in [0, 0.05) is 6.42 Å². The third-order valence-corrected chi connectivity index (χ3v) is 3.27. The molecule has 1 rings (SSSR count). The van der Waals surface area contributed by atoms with Crippen LogP contribution in [0.2, 0.25) is 0 Å². The molecule has 0 bridgehead atoms. The molecule has 0 spiro atoms. The molecule has 1 aromatic carbocycles. The second-order valence-electron chi connectivity index (χ2n) is 5.29. The van der Waals surface area contributed by atoms with E-state index in [0.29, 0.717) is 25.7 Å². The number of carbonyl (C=O) groups excluding carboxylic acids is 3. The predicted octanol–water partition coefficient (Wildman–Crippen LogP) is 2.95. The van der Waals surface area contributed by atoms with Gasteiger partial charge in [0.1, 0.15) is 12.2 Å². The van der Waals surface area contributed by atoms with E-state index < -0.39 is 11.9 Å². The monoisotopic (exact) mass is 348 g/mol. The standard InChI is InChI=1S/C19H24O6/c1-3-23-18(21)15(2)19(22)24-13-9-5-8-12-17(20)25-14-16-10-6-4-7-11-16/h4,6-7,10-11H,2-3,5,8-9,12-14H2,1H3. The smallest absolute Gasteiger partial charge is 0.344 e. The van der Waals surface area contributed by atoms with Gasteiger partial charge in [0.2, 0.25) is 0 Å². The van der Waals surface area contributed by atoms with E-state index >= 15 is 0 Å². The minimum Gasteiger partial charge on any atom is -0.462 e. The minimum absolute atomic E-state index is 0.163. The number of unbranched alkanes of at least 4 members (excludes halogenated alkanes) is 2. The first-order chi connectivity index (χ1) is 12.0. The summed E-state index contributed by atoms with van der Waals surface area (Å²) in [6, 6.07) is 9.47. The van der Waals surface area contributed by atoms with Gasteiger partial charge in [0.15, 0.2) is 0 Å². The molecule has 25 heavy (non-hydrogen) atoms. The van der Waals surface area contributed by atoms with Crippen LogP contribution in [-0.2, 0) is 35.2 Å². The van der Waals surface area contributed by atoms with E-state index in [9.17, 15) is 14.4 Å². The normalized spacial score (nSPS) is 9.96. The number of esters is 3. The van der Waals surface area contributed by atoms with Crippen molar-refractivity contribution in [3.05, 3.63) is 48.0 Å². The molecule has 0 fully saturated rings. The third-order valence-electron chi connectivity index (χ3n) is 3.27. The maximum Gasteiger partial charge on any atom is 0.344 e. The van der Waals surface area contributed by atoms with Crippen LogP contribution in [-0.4, -0.2) is 31.1 Å². The first kappa shape index (κ1) is 20.4. The van der Waals surface area contributed by atoms with Crippen molar-refractivity contribution in [3.8, 4) is 0 Å². The summed E-state index contributed by atoms with van der Waals surface area (Å²) in [5.74, 6) is -1.80. The highest BCUT2D eigenvalue weighted by atomic mass is 16.6. The van der Waals surface area contributed by atoms with Crippen molar-refractivity contribution in [3.63, 3.8) is 0 Å². The molecule has 0 radical (unpaired) electrons. The molecule has 0 aliphatic carbocycles. The van der Waals surface area contributed by atoms with Crippen molar-refractivity contribution < 1.29 is 28.6 Å². The summed E-state index contributed by atoms with van der Waals surface area (Å²) in [5.41, 5.74) is 0.635. The average molecular weight is 348 g/mol. The van der Waals surface area contributed by atoms with Gasteiger partial charge in [-0.3, -0.25) is 4.79 Å². The number of ether oxygens (including phenoxy) is 3. The average Bonchev–Trinajstić information content (AvgIpc) is 2.63. The third kappa shape index (κ3) is 8.69. The van der Waals surface area contributed by atoms with Crippen LogP contribution in [0.1, 0.15) is 38.2 Å². The van der Waals surface area contributed by atoms with Crippen molar-refractivity contribution in [2.24, 2.45) is 0 Å². The Morgan fingerprint density at radius 2 is 1.60 bits per heavy atom. The number of hydrogen-bond donors (Lipinski definition) is 0. The molecule has 0 aliphatic heterocycles. The Morgan fingerprint density at radius 1 is 0.920 bits per heavy atom. The van der Waals surface area contributed by atoms with E-state index in [2.05, 4.69) is 11.3 Å². The minimum atomic E-state index is -0.777. The lowest BCUT2D eigenvalue weighted by Crippen LogP contribution is -2.17. The Bertz CT molecular complexity index is 579. The van der Waals surface area contributed by atoms with Crippen LogP contribution < -0.4 is 0 Å². The van der Waals surface area contributed by atoms with Crippen molar-refractivity contribution in [2.45, 2.75) is 39.2 Å². The Morgan fingerprint density at radius 3 is 2.28 bits per heavy atom. The van der Waals surface area contributed by atoms with Gasteiger partial charge in [-0.1, -0.05) is 36.9 Å². The van der Waals surface area contributed by atoms with Gasteiger partial charge in [-0.05, 0) is 31.7 Å². The summed E-state index contributed by atoms with van der Waals surface area (Å²) >= 11 is 0. The lowest BCUT2D eigenvalue weighted by Gasteiger charge is -2.07. The summed E-state index contributed by atoms with van der Waals surface area (Å²) in [6.45, 7) is 5.59. The fourth-order valence-corrected chi connectivity index (χ4v) is 1.91. The summed E-state index contributed by atoms with van der Waals surface area (Å²) in [4.78, 5) is 34.4. The van der Waals surface area contributed by atoms with E-state index in [1.54, 1.807) is 6.92 Å². The first-order valence-corrected chi connectivity index (χ1v) is 8.27. The SMILES string of the molecule is C=C(C(=O)OCC)C(=O)OCCCCCC(=O)OCc1ccccc1. The van der Waals surface area contributed by atoms with Crippen LogP contribution in [0.15, 0.2) is 42.5 Å². The fourth-order valence-electron chi connectivity index (χ4n) is 1.91. The van der Waals surface area contributed by atoms with Crippen LogP contribution >= 0.6 is 0 Å². The number of carbonyl (C=O) groups is 3. The maximum atomic E-state index is 11.6. The molecule has 0 N–H and O–H groups in total. The summed E-state index contributed by atoms with van der Waals surface area (Å²) < 4.78 is 14.8. The fraction of sp³-hybridized carbons (Fsp3) is 0.421. The largest absolute Gasteiger partial charge is 0.462 e. The van der Waals surface area contributed by atoms with E-state index in [-0.39, 0.29) is 31.4 Å². The van der Waals surface area contributed by atoms with Crippen molar-refractivity contribution >= 4 is 17.9 Å². The van der Waals surface area contributed by atoms with Crippen LogP contribution in [0.3, 0.4) is 0 Å². The Balaban J connectivity index is 2.06. The van der Waals surface area contributed by atoms with Gasteiger partial charge in [-0.15, -0.1) is 0 Å². The zero-order chi connectivity index (χ0) is 18.5. The number of hydrogen-bond acceptors (Lipinski definition) is 6. The molecular weight excluding hydrogens is 324 g/mol. The molecule has 0 amide bonds. The summed E-state index contributed by atoms with van der Waals surface area (Å²) in [7, 11) is 0. The Kier molecular flexibility index (Phi) is 9.67. The van der Waals surface area contributed by atoms with Gasteiger partial charge >= 0.3 is 17.9 Å². The molecule has 0 atom stereocenters. The highest BCUT2D eigenvalue weighted by molar-refractivity contribution is 6.13. The topological polar surface area (TPSA) is 78.9 Å². The van der Waals surface area contributed by atoms with Crippen LogP contribution in [0.5, 0.6) is 0 Å². The molecule has 1 aromatic rings. The van der Waals surface area contributed by atoms with Crippen LogP contribution in [0.25, 0.3) is 0 Å². The molecule has 0 unspecified atom stereocenters. The molecule has 6 nitrogen and oxygen atoms in total. The molecule has 0 heterocycles. The number of rotatable bonds is 11. The lowest BCUT2D eigenvalue weighted by molar-refractivity contribution is -0.147. The van der Waals surface area contributed by atoms with E-state index in [1.807, 2.05) is 30.3 Å². The molecule has 0 saturated heterocycles. The van der Waals surface area contributed by atoms with Gasteiger partial charge in [-0.2, -0.15) is 0 Å². The lowest BCUT2D eigenvalue weighted by atomic mass is 10.2. The molecular formula is C19H24O6. The van der Waals surface area contributed by atoms with Crippen LogP contribution in [0.4, 0.5) is 0 Å². The molecule has 0 aromatic heterocycles. The summed E-state index contributed by atoms with van der Waals surface area (Å²) in [6.07, 6.45) is 2.26. The molecule has 6 heteroatoms. The molecule has 136 valence electrons. The second kappa shape index (κ2) is 11.8. The van der Waals surface area contributed by atoms with Crippen molar-refractivity contribution in [2.75, 3.05) is 13.2 Å². The van der Waals surface area contributed by atoms with Crippen LogP contribution in [0, 0.1) is 0 Å². The van der Waals surface area contributed by atoms with E-state index in [4.69, 9.17) is 9.47 Å². The van der Waals surface area contributed by atoms with Gasteiger partial charge in [-0.25, -0.2) is 9.59 Å². The first-order valence-electron chi connectivity index (χ1n) is 8.27. The highest BCUT2D eigenvalue weighted by Crippen LogP contribution is 2.06. The Hall–Kier alpha value is -2.63. The van der Waals surface area contributed by atoms with E-state index in [0.717, 1.165) is 5.56 Å². The molecule has 0 aliphatic rings. The van der Waals surface area contributed by atoms with Gasteiger partial charge < -0.3 is 14.2 Å². The predicted molar refractivity (Wildman–Crippen MR) is 91.4 cm³/mol. The number of benzene rings is 1. The summed E-state index contributed by atoms with van der Waals surface area (Å²) in [5, 5.41) is 0. The maximum absolute atomic E-state index is 11.6. The molecule has 0 saturated carbocycles. The highest BCUT2D eigenvalue weighted by Gasteiger charge is 2.17. The van der Waals surface area contributed by atoms with Gasteiger partial charge in [0.05, 0.1) is 13.2 Å². The zero-order valence-electron chi connectivity index (χ0n) is 14.5. The van der Waals surface area contributed by atoms with Crippen molar-refractivity contribution in [1.82, 2.24) is 0 Å². The van der Waals surface area contributed by atoms with E-state index in [1.165, 1.54) is 0 Å². The quantitative estimate of drug-likeness (QED) is 0.153. The second-order valence-corrected chi connectivity index (χ2v) is 5.29. The van der Waals surface area contributed by atoms with Crippen molar-refractivity contribution in [1.29, 1.82) is 0 Å². The zero-order valence-corrected chi connectivity index (χ0v) is 14.5. The van der Waals surface area contributed by atoms with Gasteiger partial charge in [0.25, 0.3) is 0 Å².